The van der Waals surface area contributed by atoms with E-state index in [1.54, 1.807) is 7.11 Å². The lowest BCUT2D eigenvalue weighted by Gasteiger charge is -2.41. The summed E-state index contributed by atoms with van der Waals surface area (Å²) in [5, 5.41) is 9.61. The van der Waals surface area contributed by atoms with Crippen LogP contribution in [0.15, 0.2) is 0 Å². The SMILES string of the molecule is COCC[C@]1(CO)CCCN(CCS(C)(=O)=O)C1. The Morgan fingerprint density at radius 2 is 2.17 bits per heavy atom. The molecule has 1 aliphatic heterocycles. The van der Waals surface area contributed by atoms with Gasteiger partial charge in [0.25, 0.3) is 0 Å². The van der Waals surface area contributed by atoms with Crippen LogP contribution in [0, 0.1) is 5.41 Å². The van der Waals surface area contributed by atoms with Gasteiger partial charge in [-0.2, -0.15) is 0 Å². The number of aliphatic hydroxyl groups is 1. The van der Waals surface area contributed by atoms with Crippen LogP contribution in [0.2, 0.25) is 0 Å². The van der Waals surface area contributed by atoms with Crippen LogP contribution in [0.5, 0.6) is 0 Å². The predicted octanol–water partition coefficient (Wildman–Crippen LogP) is 0.142. The molecule has 1 saturated heterocycles. The molecule has 18 heavy (non-hydrogen) atoms. The van der Waals surface area contributed by atoms with E-state index in [2.05, 4.69) is 4.90 Å². The van der Waals surface area contributed by atoms with Gasteiger partial charge in [-0.3, -0.25) is 0 Å². The summed E-state index contributed by atoms with van der Waals surface area (Å²) in [5.41, 5.74) is -0.119. The van der Waals surface area contributed by atoms with Crippen molar-refractivity contribution >= 4 is 9.84 Å². The van der Waals surface area contributed by atoms with Crippen LogP contribution >= 0.6 is 0 Å². The van der Waals surface area contributed by atoms with E-state index in [4.69, 9.17) is 4.74 Å². The van der Waals surface area contributed by atoms with Crippen molar-refractivity contribution in [2.75, 3.05) is 52.0 Å². The maximum Gasteiger partial charge on any atom is 0.148 e. The van der Waals surface area contributed by atoms with Crippen molar-refractivity contribution in [1.29, 1.82) is 0 Å². The van der Waals surface area contributed by atoms with Gasteiger partial charge in [-0.1, -0.05) is 0 Å². The second-order valence-electron chi connectivity index (χ2n) is 5.41. The van der Waals surface area contributed by atoms with Gasteiger partial charge in [0.1, 0.15) is 9.84 Å². The molecule has 1 rings (SSSR count). The quantitative estimate of drug-likeness (QED) is 0.718. The minimum atomic E-state index is -2.91. The number of likely N-dealkylation sites (tertiary alicyclic amines) is 1. The topological polar surface area (TPSA) is 66.8 Å². The molecule has 1 fully saturated rings. The number of hydrogen-bond acceptors (Lipinski definition) is 5. The molecule has 1 atom stereocenters. The van der Waals surface area contributed by atoms with E-state index >= 15 is 0 Å². The summed E-state index contributed by atoms with van der Waals surface area (Å²) in [7, 11) is -1.25. The molecule has 5 nitrogen and oxygen atoms in total. The van der Waals surface area contributed by atoms with Crippen molar-refractivity contribution in [3.8, 4) is 0 Å². The summed E-state index contributed by atoms with van der Waals surface area (Å²) < 4.78 is 27.5. The lowest BCUT2D eigenvalue weighted by atomic mass is 9.78. The highest BCUT2D eigenvalue weighted by Crippen LogP contribution is 2.32. The second kappa shape index (κ2) is 6.84. The van der Waals surface area contributed by atoms with Gasteiger partial charge in [-0.15, -0.1) is 0 Å². The molecular formula is C12H25NO4S. The monoisotopic (exact) mass is 279 g/mol. The highest BCUT2D eigenvalue weighted by atomic mass is 32.2. The minimum absolute atomic E-state index is 0.119. The highest BCUT2D eigenvalue weighted by Gasteiger charge is 2.34. The van der Waals surface area contributed by atoms with E-state index in [1.807, 2.05) is 0 Å². The highest BCUT2D eigenvalue weighted by molar-refractivity contribution is 7.90. The Morgan fingerprint density at radius 3 is 2.72 bits per heavy atom. The second-order valence-corrected chi connectivity index (χ2v) is 7.67. The summed E-state index contributed by atoms with van der Waals surface area (Å²) in [6.45, 7) is 3.03. The molecular weight excluding hydrogens is 254 g/mol. The Balaban J connectivity index is 2.52. The van der Waals surface area contributed by atoms with Gasteiger partial charge in [0.2, 0.25) is 0 Å². The summed E-state index contributed by atoms with van der Waals surface area (Å²) in [4.78, 5) is 2.15. The molecule has 0 aromatic carbocycles. The first-order valence-corrected chi connectivity index (χ1v) is 8.47. The first-order valence-electron chi connectivity index (χ1n) is 6.41. The minimum Gasteiger partial charge on any atom is -0.396 e. The number of nitrogens with zero attached hydrogens (tertiary/aromatic N) is 1. The van der Waals surface area contributed by atoms with Gasteiger partial charge in [-0.25, -0.2) is 8.42 Å². The third-order valence-corrected chi connectivity index (χ3v) is 4.61. The summed E-state index contributed by atoms with van der Waals surface area (Å²) in [6.07, 6.45) is 4.09. The van der Waals surface area contributed by atoms with E-state index in [9.17, 15) is 13.5 Å². The van der Waals surface area contributed by atoms with Gasteiger partial charge in [0.15, 0.2) is 0 Å². The zero-order valence-corrected chi connectivity index (χ0v) is 12.2. The Kier molecular flexibility index (Phi) is 6.04. The molecule has 0 aliphatic carbocycles. The number of ether oxygens (including phenoxy) is 1. The first kappa shape index (κ1) is 15.9. The van der Waals surface area contributed by atoms with Crippen LogP contribution in [0.3, 0.4) is 0 Å². The molecule has 0 radical (unpaired) electrons. The van der Waals surface area contributed by atoms with Crippen molar-refractivity contribution in [3.63, 3.8) is 0 Å². The smallest absolute Gasteiger partial charge is 0.148 e. The van der Waals surface area contributed by atoms with Gasteiger partial charge < -0.3 is 14.7 Å². The molecule has 1 aliphatic rings. The van der Waals surface area contributed by atoms with Crippen LogP contribution in [-0.2, 0) is 14.6 Å². The number of aliphatic hydroxyl groups excluding tert-OH is 1. The van der Waals surface area contributed by atoms with Crippen LogP contribution in [0.4, 0.5) is 0 Å². The molecule has 1 heterocycles. The van der Waals surface area contributed by atoms with Crippen LogP contribution < -0.4 is 0 Å². The van der Waals surface area contributed by atoms with Crippen molar-refractivity contribution < 1.29 is 18.3 Å². The van der Waals surface area contributed by atoms with E-state index in [0.717, 1.165) is 32.4 Å². The molecule has 6 heteroatoms. The number of piperidine rings is 1. The van der Waals surface area contributed by atoms with Crippen molar-refractivity contribution in [1.82, 2.24) is 4.90 Å². The lowest BCUT2D eigenvalue weighted by Crippen LogP contribution is -2.47. The number of methoxy groups -OCH3 is 1. The summed E-state index contributed by atoms with van der Waals surface area (Å²) in [5.74, 6) is 0.193. The lowest BCUT2D eigenvalue weighted by molar-refractivity contribution is 0.00964. The first-order chi connectivity index (χ1) is 8.41. The Labute approximate surface area is 110 Å². The van der Waals surface area contributed by atoms with Crippen LogP contribution in [-0.4, -0.2) is 70.4 Å². The largest absolute Gasteiger partial charge is 0.396 e. The van der Waals surface area contributed by atoms with Gasteiger partial charge in [0, 0.05) is 38.5 Å². The number of sulfone groups is 1. The molecule has 0 aromatic heterocycles. The van der Waals surface area contributed by atoms with E-state index in [1.165, 1.54) is 6.26 Å². The molecule has 108 valence electrons. The fourth-order valence-corrected chi connectivity index (χ4v) is 3.12. The maximum absolute atomic E-state index is 11.2. The van der Waals surface area contributed by atoms with Gasteiger partial charge in [0.05, 0.1) is 12.4 Å². The number of hydrogen-bond donors (Lipinski definition) is 1. The zero-order valence-electron chi connectivity index (χ0n) is 11.4. The number of rotatable bonds is 7. The third kappa shape index (κ3) is 5.22. The summed E-state index contributed by atoms with van der Waals surface area (Å²) in [6, 6.07) is 0. The molecule has 0 saturated carbocycles. The Bertz CT molecular complexity index is 344. The molecule has 0 bridgehead atoms. The van der Waals surface area contributed by atoms with Gasteiger partial charge in [-0.05, 0) is 25.8 Å². The molecule has 0 spiro atoms. The molecule has 1 N–H and O–H groups in total. The third-order valence-electron chi connectivity index (χ3n) is 3.69. The normalized spacial score (nSPS) is 26.4. The fourth-order valence-electron chi connectivity index (χ4n) is 2.53. The van der Waals surface area contributed by atoms with Crippen LogP contribution in [0.25, 0.3) is 0 Å². The Morgan fingerprint density at radius 1 is 1.44 bits per heavy atom. The van der Waals surface area contributed by atoms with Crippen molar-refractivity contribution in [2.24, 2.45) is 5.41 Å². The predicted molar refractivity (Wildman–Crippen MR) is 71.4 cm³/mol. The fraction of sp³-hybridized carbons (Fsp3) is 1.00. The average Bonchev–Trinajstić information content (AvgIpc) is 2.34. The van der Waals surface area contributed by atoms with E-state index in [0.29, 0.717) is 13.2 Å². The summed E-state index contributed by atoms with van der Waals surface area (Å²) >= 11 is 0. The molecule has 0 amide bonds. The maximum atomic E-state index is 11.2. The molecule has 0 aromatic rings. The van der Waals surface area contributed by atoms with Crippen LogP contribution in [0.1, 0.15) is 19.3 Å². The molecule has 0 unspecified atom stereocenters. The van der Waals surface area contributed by atoms with E-state index < -0.39 is 9.84 Å². The Hall–Kier alpha value is -0.170. The zero-order chi connectivity index (χ0) is 13.6. The van der Waals surface area contributed by atoms with Crippen molar-refractivity contribution in [2.45, 2.75) is 19.3 Å². The average molecular weight is 279 g/mol. The van der Waals surface area contributed by atoms with Gasteiger partial charge >= 0.3 is 0 Å². The van der Waals surface area contributed by atoms with E-state index in [-0.39, 0.29) is 17.8 Å². The van der Waals surface area contributed by atoms with Crippen molar-refractivity contribution in [3.05, 3.63) is 0 Å². The standard InChI is InChI=1S/C12H25NO4S/c1-17-8-5-12(11-14)4-3-6-13(10-12)7-9-18(2,15)16/h14H,3-11H2,1-2H3/t12-/m1/s1.